The maximum absolute atomic E-state index is 12.6. The zero-order valence-electron chi connectivity index (χ0n) is 8.71. The second kappa shape index (κ2) is 5.55. The maximum atomic E-state index is 12.6. The molecule has 1 aromatic rings. The van der Waals surface area contributed by atoms with Crippen LogP contribution < -0.4 is 0 Å². The first-order valence-electron chi connectivity index (χ1n) is 4.57. The van der Waals surface area contributed by atoms with Crippen molar-refractivity contribution in [1.82, 2.24) is 4.98 Å². The summed E-state index contributed by atoms with van der Waals surface area (Å²) in [6.07, 6.45) is -2.97. The van der Waals surface area contributed by atoms with Crippen molar-refractivity contribution in [2.75, 3.05) is 6.61 Å². The highest BCUT2D eigenvalue weighted by atomic mass is 35.5. The fraction of sp³-hybridized carbons (Fsp3) is 0.300. The minimum atomic E-state index is -2.97. The second-order valence-electron chi connectivity index (χ2n) is 2.89. The van der Waals surface area contributed by atoms with Crippen LogP contribution in [0.5, 0.6) is 0 Å². The number of nitriles is 1. The monoisotopic (exact) mass is 260 g/mol. The van der Waals surface area contributed by atoms with Gasteiger partial charge >= 0.3 is 5.97 Å². The minimum Gasteiger partial charge on any atom is -0.462 e. The molecule has 0 fully saturated rings. The van der Waals surface area contributed by atoms with Gasteiger partial charge in [-0.3, -0.25) is 0 Å². The number of rotatable bonds is 3. The van der Waals surface area contributed by atoms with E-state index in [0.29, 0.717) is 0 Å². The van der Waals surface area contributed by atoms with Gasteiger partial charge in [0.1, 0.15) is 17.5 Å². The Morgan fingerprint density at radius 1 is 1.71 bits per heavy atom. The second-order valence-corrected chi connectivity index (χ2v) is 3.27. The quantitative estimate of drug-likeness (QED) is 0.784. The highest BCUT2D eigenvalue weighted by Crippen LogP contribution is 2.29. The topological polar surface area (TPSA) is 63.0 Å². The third-order valence-electron chi connectivity index (χ3n) is 1.80. The van der Waals surface area contributed by atoms with Gasteiger partial charge in [-0.1, -0.05) is 11.6 Å². The van der Waals surface area contributed by atoms with Gasteiger partial charge in [0.25, 0.3) is 6.43 Å². The molecule has 17 heavy (non-hydrogen) atoms. The Bertz CT molecular complexity index is 486. The summed E-state index contributed by atoms with van der Waals surface area (Å²) in [5.41, 5.74) is -1.39. The van der Waals surface area contributed by atoms with Crippen LogP contribution in [0.25, 0.3) is 0 Å². The minimum absolute atomic E-state index is 0.0728. The smallest absolute Gasteiger partial charge is 0.339 e. The van der Waals surface area contributed by atoms with Crippen molar-refractivity contribution in [2.24, 2.45) is 0 Å². The number of hydrogen-bond acceptors (Lipinski definition) is 4. The Hall–Kier alpha value is -1.74. The number of carbonyl (C=O) groups excluding carboxylic acids is 1. The fourth-order valence-electron chi connectivity index (χ4n) is 1.11. The molecule has 0 atom stereocenters. The van der Waals surface area contributed by atoms with E-state index in [9.17, 15) is 13.6 Å². The summed E-state index contributed by atoms with van der Waals surface area (Å²) in [5.74, 6) is -0.863. The summed E-state index contributed by atoms with van der Waals surface area (Å²) < 4.78 is 29.8. The number of carbonyl (C=O) groups is 1. The van der Waals surface area contributed by atoms with E-state index in [2.05, 4.69) is 9.72 Å². The van der Waals surface area contributed by atoms with Gasteiger partial charge < -0.3 is 4.74 Å². The van der Waals surface area contributed by atoms with E-state index in [1.165, 1.54) is 0 Å². The van der Waals surface area contributed by atoms with Crippen LogP contribution in [0.4, 0.5) is 8.78 Å². The molecular weight excluding hydrogens is 254 g/mol. The van der Waals surface area contributed by atoms with Crippen LogP contribution in [0.2, 0.25) is 5.02 Å². The van der Waals surface area contributed by atoms with Crippen LogP contribution in [0.15, 0.2) is 6.07 Å². The van der Waals surface area contributed by atoms with Crippen molar-refractivity contribution < 1.29 is 18.3 Å². The van der Waals surface area contributed by atoms with Crippen molar-refractivity contribution in [1.29, 1.82) is 5.26 Å². The molecule has 0 saturated heterocycles. The molecular formula is C10H7ClF2N2O2. The molecule has 0 unspecified atom stereocenters. The first-order chi connectivity index (χ1) is 8.01. The van der Waals surface area contributed by atoms with Crippen LogP contribution >= 0.6 is 11.6 Å². The molecule has 0 aromatic carbocycles. The van der Waals surface area contributed by atoms with Crippen molar-refractivity contribution in [3.63, 3.8) is 0 Å². The predicted molar refractivity (Wildman–Crippen MR) is 54.9 cm³/mol. The summed E-state index contributed by atoms with van der Waals surface area (Å²) in [5, 5.41) is 8.13. The maximum Gasteiger partial charge on any atom is 0.339 e. The van der Waals surface area contributed by atoms with Gasteiger partial charge in [-0.15, -0.1) is 0 Å². The first kappa shape index (κ1) is 13.3. The molecule has 1 heterocycles. The van der Waals surface area contributed by atoms with Crippen LogP contribution in [0.3, 0.4) is 0 Å². The van der Waals surface area contributed by atoms with E-state index >= 15 is 0 Å². The fourth-order valence-corrected chi connectivity index (χ4v) is 1.36. The van der Waals surface area contributed by atoms with Crippen molar-refractivity contribution >= 4 is 17.6 Å². The summed E-state index contributed by atoms with van der Waals surface area (Å²) in [7, 11) is 0. The van der Waals surface area contributed by atoms with Crippen molar-refractivity contribution in [3.8, 4) is 6.07 Å². The molecule has 0 aliphatic rings. The SMILES string of the molecule is CCOC(=O)c1cc(C#N)nc(C(F)F)c1Cl. The van der Waals surface area contributed by atoms with E-state index in [1.54, 1.807) is 13.0 Å². The van der Waals surface area contributed by atoms with Crippen LogP contribution in [-0.4, -0.2) is 17.6 Å². The molecule has 0 spiro atoms. The molecule has 0 radical (unpaired) electrons. The molecule has 0 aliphatic heterocycles. The van der Waals surface area contributed by atoms with Gasteiger partial charge in [-0.2, -0.15) is 5.26 Å². The third-order valence-corrected chi connectivity index (χ3v) is 2.20. The average Bonchev–Trinajstić information content (AvgIpc) is 2.29. The lowest BCUT2D eigenvalue weighted by molar-refractivity contribution is 0.0526. The van der Waals surface area contributed by atoms with Crippen molar-refractivity contribution in [2.45, 2.75) is 13.3 Å². The molecule has 1 rings (SSSR count). The molecule has 1 aromatic heterocycles. The molecule has 7 heteroatoms. The highest BCUT2D eigenvalue weighted by Gasteiger charge is 2.22. The molecule has 0 saturated carbocycles. The Morgan fingerprint density at radius 3 is 2.82 bits per heavy atom. The number of hydrogen-bond donors (Lipinski definition) is 0. The Kier molecular flexibility index (Phi) is 4.35. The Morgan fingerprint density at radius 2 is 2.35 bits per heavy atom. The lowest BCUT2D eigenvalue weighted by Gasteiger charge is -2.08. The van der Waals surface area contributed by atoms with Gasteiger partial charge in [-0.25, -0.2) is 18.6 Å². The highest BCUT2D eigenvalue weighted by molar-refractivity contribution is 6.34. The standard InChI is InChI=1S/C10H7ClF2N2O2/c1-2-17-10(16)6-3-5(4-14)15-8(7(6)11)9(12)13/h3,9H,2H2,1H3. The lowest BCUT2D eigenvalue weighted by atomic mass is 10.2. The van der Waals surface area contributed by atoms with Crippen molar-refractivity contribution in [3.05, 3.63) is 28.0 Å². The zero-order valence-corrected chi connectivity index (χ0v) is 9.46. The summed E-state index contributed by atoms with van der Waals surface area (Å²) >= 11 is 5.61. The number of aromatic nitrogens is 1. The molecule has 0 aliphatic carbocycles. The van der Waals surface area contributed by atoms with E-state index in [0.717, 1.165) is 6.07 Å². The van der Waals surface area contributed by atoms with Gasteiger partial charge in [0.2, 0.25) is 0 Å². The molecule has 90 valence electrons. The normalized spacial score (nSPS) is 10.1. The van der Waals surface area contributed by atoms with E-state index in [4.69, 9.17) is 16.9 Å². The number of esters is 1. The van der Waals surface area contributed by atoms with Crippen LogP contribution in [0, 0.1) is 11.3 Å². The first-order valence-corrected chi connectivity index (χ1v) is 4.94. The van der Waals surface area contributed by atoms with E-state index in [-0.39, 0.29) is 17.9 Å². The van der Waals surface area contributed by atoms with Gasteiger partial charge in [-0.05, 0) is 13.0 Å². The summed E-state index contributed by atoms with van der Waals surface area (Å²) in [6, 6.07) is 2.60. The summed E-state index contributed by atoms with van der Waals surface area (Å²) in [4.78, 5) is 14.8. The third kappa shape index (κ3) is 2.88. The number of pyridine rings is 1. The Balaban J connectivity index is 3.35. The lowest BCUT2D eigenvalue weighted by Crippen LogP contribution is -2.09. The molecule has 0 amide bonds. The van der Waals surface area contributed by atoms with Crippen LogP contribution in [-0.2, 0) is 4.74 Å². The van der Waals surface area contributed by atoms with Crippen LogP contribution in [0.1, 0.15) is 35.1 Å². The number of alkyl halides is 2. The summed E-state index contributed by atoms with van der Waals surface area (Å²) in [6.45, 7) is 1.63. The molecule has 4 nitrogen and oxygen atoms in total. The largest absolute Gasteiger partial charge is 0.462 e. The molecule has 0 bridgehead atoms. The average molecular weight is 261 g/mol. The Labute approximate surface area is 101 Å². The molecule has 0 N–H and O–H groups in total. The predicted octanol–water partition coefficient (Wildman–Crippen LogP) is 2.72. The van der Waals surface area contributed by atoms with Gasteiger partial charge in [0, 0.05) is 0 Å². The number of halogens is 3. The van der Waals surface area contributed by atoms with Gasteiger partial charge in [0.05, 0.1) is 17.2 Å². The number of nitrogens with zero attached hydrogens (tertiary/aromatic N) is 2. The van der Waals surface area contributed by atoms with E-state index in [1.807, 2.05) is 0 Å². The zero-order chi connectivity index (χ0) is 13.0. The van der Waals surface area contributed by atoms with Gasteiger partial charge in [0.15, 0.2) is 0 Å². The number of ether oxygens (including phenoxy) is 1. The van der Waals surface area contributed by atoms with E-state index < -0.39 is 23.1 Å².